The molecule has 0 bridgehead atoms. The van der Waals surface area contributed by atoms with Gasteiger partial charge in [0.25, 0.3) is 5.91 Å². The summed E-state index contributed by atoms with van der Waals surface area (Å²) in [6.07, 6.45) is 1.83. The number of hydrogen-bond donors (Lipinski definition) is 1. The van der Waals surface area contributed by atoms with E-state index in [9.17, 15) is 9.90 Å². The van der Waals surface area contributed by atoms with Crippen molar-refractivity contribution in [3.8, 4) is 5.75 Å². The fourth-order valence-electron chi connectivity index (χ4n) is 2.42. The van der Waals surface area contributed by atoms with Gasteiger partial charge in [-0.15, -0.1) is 0 Å². The summed E-state index contributed by atoms with van der Waals surface area (Å²) in [7, 11) is 0. The molecule has 0 fully saturated rings. The molecule has 0 aliphatic carbocycles. The maximum Gasteiger partial charge on any atom is 0.257 e. The van der Waals surface area contributed by atoms with Crippen molar-refractivity contribution in [2.75, 3.05) is 13.1 Å². The van der Waals surface area contributed by atoms with Gasteiger partial charge in [0.05, 0.1) is 5.56 Å². The van der Waals surface area contributed by atoms with E-state index in [4.69, 9.17) is 0 Å². The quantitative estimate of drug-likeness (QED) is 0.898. The van der Waals surface area contributed by atoms with E-state index in [2.05, 4.69) is 13.8 Å². The molecule has 0 aliphatic rings. The molecule has 20 heavy (non-hydrogen) atoms. The Morgan fingerprint density at radius 3 is 2.15 bits per heavy atom. The number of phenols is 1. The maximum absolute atomic E-state index is 12.6. The van der Waals surface area contributed by atoms with Crippen LogP contribution in [0.5, 0.6) is 5.75 Å². The summed E-state index contributed by atoms with van der Waals surface area (Å²) in [5.74, 6) is -0.0251. The van der Waals surface area contributed by atoms with Crippen LogP contribution in [0, 0.1) is 0 Å². The van der Waals surface area contributed by atoms with Crippen LogP contribution in [0.2, 0.25) is 0 Å². The first-order valence-corrected chi connectivity index (χ1v) is 7.18. The van der Waals surface area contributed by atoms with Crippen LogP contribution in [0.1, 0.15) is 37.0 Å². The van der Waals surface area contributed by atoms with E-state index in [0.717, 1.165) is 36.7 Å². The van der Waals surface area contributed by atoms with E-state index in [1.807, 2.05) is 29.2 Å². The van der Waals surface area contributed by atoms with Crippen LogP contribution >= 0.6 is 0 Å². The molecule has 0 aromatic heterocycles. The fraction of sp³-hybridized carbons (Fsp3) is 0.353. The number of carbonyl (C=O) groups excluding carboxylic acids is 1. The third-order valence-corrected chi connectivity index (χ3v) is 3.37. The van der Waals surface area contributed by atoms with Crippen LogP contribution in [0.25, 0.3) is 10.8 Å². The van der Waals surface area contributed by atoms with E-state index >= 15 is 0 Å². The Balaban J connectivity index is 2.39. The SMILES string of the molecule is CCCN(CCC)C(=O)c1cc2ccccc2cc1O. The number of hydrogen-bond acceptors (Lipinski definition) is 2. The Kier molecular flexibility index (Phi) is 4.61. The molecule has 0 radical (unpaired) electrons. The third-order valence-electron chi connectivity index (χ3n) is 3.37. The topological polar surface area (TPSA) is 40.5 Å². The second kappa shape index (κ2) is 6.42. The minimum atomic E-state index is -0.0862. The highest BCUT2D eigenvalue weighted by Gasteiger charge is 2.18. The van der Waals surface area contributed by atoms with Gasteiger partial charge < -0.3 is 10.0 Å². The lowest BCUT2D eigenvalue weighted by molar-refractivity contribution is 0.0752. The monoisotopic (exact) mass is 271 g/mol. The van der Waals surface area contributed by atoms with Gasteiger partial charge in [-0.1, -0.05) is 38.1 Å². The average Bonchev–Trinajstić information content (AvgIpc) is 2.45. The van der Waals surface area contributed by atoms with Gasteiger partial charge in [0, 0.05) is 13.1 Å². The average molecular weight is 271 g/mol. The molecule has 1 N–H and O–H groups in total. The molecule has 0 heterocycles. The molecule has 0 aliphatic heterocycles. The molecule has 2 aromatic carbocycles. The standard InChI is InChI=1S/C17H21NO2/c1-3-9-18(10-4-2)17(20)15-11-13-7-5-6-8-14(13)12-16(15)19/h5-8,11-12,19H,3-4,9-10H2,1-2H3. The number of phenolic OH excluding ortho intramolecular Hbond substituents is 1. The molecule has 0 unspecified atom stereocenters. The Labute approximate surface area is 119 Å². The first-order chi connectivity index (χ1) is 9.67. The molecule has 0 saturated heterocycles. The molecule has 1 amide bonds. The summed E-state index contributed by atoms with van der Waals surface area (Å²) >= 11 is 0. The lowest BCUT2D eigenvalue weighted by Gasteiger charge is -2.22. The van der Waals surface area contributed by atoms with Gasteiger partial charge in [0.1, 0.15) is 5.75 Å². The van der Waals surface area contributed by atoms with Crippen molar-refractivity contribution in [3.05, 3.63) is 42.0 Å². The summed E-state index contributed by atoms with van der Waals surface area (Å²) in [6, 6.07) is 11.2. The lowest BCUT2D eigenvalue weighted by atomic mass is 10.0. The summed E-state index contributed by atoms with van der Waals surface area (Å²) in [4.78, 5) is 14.4. The molecule has 0 atom stereocenters. The van der Waals surface area contributed by atoms with Gasteiger partial charge >= 0.3 is 0 Å². The maximum atomic E-state index is 12.6. The van der Waals surface area contributed by atoms with Crippen molar-refractivity contribution in [3.63, 3.8) is 0 Å². The molecule has 2 aromatic rings. The van der Waals surface area contributed by atoms with Crippen molar-refractivity contribution in [1.82, 2.24) is 4.90 Å². The minimum Gasteiger partial charge on any atom is -0.507 e. The molecule has 3 heteroatoms. The van der Waals surface area contributed by atoms with Crippen LogP contribution in [-0.2, 0) is 0 Å². The van der Waals surface area contributed by atoms with Crippen molar-refractivity contribution < 1.29 is 9.90 Å². The van der Waals surface area contributed by atoms with Crippen LogP contribution in [0.15, 0.2) is 36.4 Å². The van der Waals surface area contributed by atoms with Gasteiger partial charge in [0.2, 0.25) is 0 Å². The smallest absolute Gasteiger partial charge is 0.257 e. The number of benzene rings is 2. The second-order valence-electron chi connectivity index (χ2n) is 5.01. The number of aromatic hydroxyl groups is 1. The van der Waals surface area contributed by atoms with Crippen molar-refractivity contribution in [2.24, 2.45) is 0 Å². The molecule has 106 valence electrons. The van der Waals surface area contributed by atoms with Crippen molar-refractivity contribution >= 4 is 16.7 Å². The predicted molar refractivity (Wildman–Crippen MR) is 82.1 cm³/mol. The van der Waals surface area contributed by atoms with Crippen molar-refractivity contribution in [2.45, 2.75) is 26.7 Å². The van der Waals surface area contributed by atoms with Crippen molar-refractivity contribution in [1.29, 1.82) is 0 Å². The Morgan fingerprint density at radius 2 is 1.60 bits per heavy atom. The highest BCUT2D eigenvalue weighted by atomic mass is 16.3. The molecular formula is C17H21NO2. The number of amides is 1. The van der Waals surface area contributed by atoms with E-state index in [0.29, 0.717) is 5.56 Å². The zero-order chi connectivity index (χ0) is 14.5. The summed E-state index contributed by atoms with van der Waals surface area (Å²) in [5, 5.41) is 12.0. The Morgan fingerprint density at radius 1 is 1.05 bits per heavy atom. The summed E-state index contributed by atoms with van der Waals surface area (Å²) in [5.41, 5.74) is 0.394. The first kappa shape index (κ1) is 14.4. The molecule has 0 saturated carbocycles. The normalized spacial score (nSPS) is 10.7. The van der Waals surface area contributed by atoms with E-state index in [1.165, 1.54) is 0 Å². The van der Waals surface area contributed by atoms with Gasteiger partial charge in [-0.2, -0.15) is 0 Å². The number of rotatable bonds is 5. The summed E-state index contributed by atoms with van der Waals surface area (Å²) in [6.45, 7) is 5.55. The van der Waals surface area contributed by atoms with Gasteiger partial charge in [-0.25, -0.2) is 0 Å². The van der Waals surface area contributed by atoms with Gasteiger partial charge in [-0.05, 0) is 35.7 Å². The second-order valence-corrected chi connectivity index (χ2v) is 5.01. The van der Waals surface area contributed by atoms with Crippen LogP contribution < -0.4 is 0 Å². The molecule has 2 rings (SSSR count). The lowest BCUT2D eigenvalue weighted by Crippen LogP contribution is -2.32. The third kappa shape index (κ3) is 2.93. The predicted octanol–water partition coefficient (Wildman–Crippen LogP) is 3.81. The van der Waals surface area contributed by atoms with Crippen LogP contribution in [0.3, 0.4) is 0 Å². The van der Waals surface area contributed by atoms with Gasteiger partial charge in [-0.3, -0.25) is 4.79 Å². The molecular weight excluding hydrogens is 250 g/mol. The molecule has 3 nitrogen and oxygen atoms in total. The number of fused-ring (bicyclic) bond motifs is 1. The summed E-state index contributed by atoms with van der Waals surface area (Å²) < 4.78 is 0. The number of nitrogens with zero attached hydrogens (tertiary/aromatic N) is 1. The number of carbonyl (C=O) groups is 1. The van der Waals surface area contributed by atoms with E-state index < -0.39 is 0 Å². The zero-order valence-electron chi connectivity index (χ0n) is 12.1. The fourth-order valence-corrected chi connectivity index (χ4v) is 2.42. The first-order valence-electron chi connectivity index (χ1n) is 7.18. The van der Waals surface area contributed by atoms with Crippen LogP contribution in [-0.4, -0.2) is 29.0 Å². The van der Waals surface area contributed by atoms with E-state index in [1.54, 1.807) is 12.1 Å². The Bertz CT molecular complexity index is 601. The highest BCUT2D eigenvalue weighted by Crippen LogP contribution is 2.26. The molecule has 0 spiro atoms. The highest BCUT2D eigenvalue weighted by molar-refractivity contribution is 6.01. The van der Waals surface area contributed by atoms with Gasteiger partial charge in [0.15, 0.2) is 0 Å². The Hall–Kier alpha value is -2.03. The largest absolute Gasteiger partial charge is 0.507 e. The van der Waals surface area contributed by atoms with E-state index in [-0.39, 0.29) is 11.7 Å². The zero-order valence-corrected chi connectivity index (χ0v) is 12.1. The van der Waals surface area contributed by atoms with Crippen LogP contribution in [0.4, 0.5) is 0 Å². The minimum absolute atomic E-state index is 0.0610.